The average molecular weight is 1910 g/mol. The predicted molar refractivity (Wildman–Crippen MR) is 614 cm³/mol. The van der Waals surface area contributed by atoms with Gasteiger partial charge < -0.3 is 14.2 Å². The third-order valence-corrected chi connectivity index (χ3v) is 36.1. The maximum Gasteiger partial charge on any atom is 0.0731 e. The van der Waals surface area contributed by atoms with Gasteiger partial charge in [-0.25, -0.2) is 0 Å². The summed E-state index contributed by atoms with van der Waals surface area (Å²) in [7, 11) is 0. The maximum absolute atomic E-state index is 6.36. The molecule has 0 radical (unpaired) electrons. The number of likely N-dealkylation sites (tertiary alicyclic amines) is 2. The van der Waals surface area contributed by atoms with E-state index in [1.54, 1.807) is 5.57 Å². The van der Waals surface area contributed by atoms with Crippen LogP contribution in [-0.4, -0.2) is 155 Å². The second kappa shape index (κ2) is 53.3. The minimum atomic E-state index is 0.167. The smallest absolute Gasteiger partial charge is 0.0731 e. The number of nitrogens with zero attached hydrogens (tertiary/aromatic N) is 5. The Kier molecular flexibility index (Phi) is 54.7. The van der Waals surface area contributed by atoms with E-state index in [4.69, 9.17) is 14.2 Å². The maximum atomic E-state index is 6.36. The molecule has 6 bridgehead atoms. The third-order valence-electron chi connectivity index (χ3n) is 36.1. The largest absolute Gasteiger partial charge is 0.377 e. The molecule has 8 saturated heterocycles. The summed E-state index contributed by atoms with van der Waals surface area (Å²) in [5, 5.41) is 0. The minimum absolute atomic E-state index is 0.167. The molecule has 15 fully saturated rings. The lowest BCUT2D eigenvalue weighted by Gasteiger charge is -2.65. The quantitative estimate of drug-likeness (QED) is 0.222. The Labute approximate surface area is 856 Å². The van der Waals surface area contributed by atoms with Gasteiger partial charge in [0.15, 0.2) is 0 Å². The Morgan fingerprint density at radius 1 is 0.274 bits per heavy atom. The van der Waals surface area contributed by atoms with E-state index in [-0.39, 0.29) is 22.0 Å². The van der Waals surface area contributed by atoms with Crippen LogP contribution in [0.2, 0.25) is 0 Å². The highest BCUT2D eigenvalue weighted by Crippen LogP contribution is 2.69. The van der Waals surface area contributed by atoms with Crippen LogP contribution in [0.4, 0.5) is 0 Å². The average Bonchev–Trinajstić information content (AvgIpc) is 1.58. The van der Waals surface area contributed by atoms with E-state index in [2.05, 4.69) is 363 Å². The highest BCUT2D eigenvalue weighted by atomic mass is 16.5. The number of ether oxygens (including phenoxy) is 3. The normalized spacial score (nSPS) is 29.4. The number of hydrogen-bond acceptors (Lipinski definition) is 8. The summed E-state index contributed by atoms with van der Waals surface area (Å²) in [6.07, 6.45) is 29.0. The molecule has 1 spiro atoms. The van der Waals surface area contributed by atoms with Crippen LogP contribution in [0.15, 0.2) is 11.6 Å². The molecule has 9 heterocycles. The lowest BCUT2D eigenvalue weighted by atomic mass is 9.42. The van der Waals surface area contributed by atoms with Crippen LogP contribution in [-0.2, 0) is 14.2 Å². The van der Waals surface area contributed by atoms with Crippen LogP contribution >= 0.6 is 0 Å². The van der Waals surface area contributed by atoms with Crippen molar-refractivity contribution in [1.82, 2.24) is 24.5 Å². The summed E-state index contributed by atoms with van der Waals surface area (Å²) < 4.78 is 18.7. The van der Waals surface area contributed by atoms with E-state index < -0.39 is 0 Å². The van der Waals surface area contributed by atoms with Gasteiger partial charge in [0.25, 0.3) is 0 Å². The van der Waals surface area contributed by atoms with Crippen LogP contribution < -0.4 is 0 Å². The summed E-state index contributed by atoms with van der Waals surface area (Å²) in [5.41, 5.74) is 11.2. The van der Waals surface area contributed by atoms with Crippen molar-refractivity contribution in [2.45, 2.75) is 610 Å². The van der Waals surface area contributed by atoms with Gasteiger partial charge in [0.2, 0.25) is 0 Å². The first kappa shape index (κ1) is 139. The summed E-state index contributed by atoms with van der Waals surface area (Å²) in [6, 6.07) is 0. The summed E-state index contributed by atoms with van der Waals surface area (Å²) in [5.74, 6) is 4.73. The molecule has 8 heteroatoms. The Hall–Kier alpha value is -0.580. The van der Waals surface area contributed by atoms with Crippen molar-refractivity contribution >= 4 is 0 Å². The molecule has 7 saturated carbocycles. The van der Waals surface area contributed by atoms with E-state index in [1.165, 1.54) is 181 Å². The first-order valence-electron chi connectivity index (χ1n) is 58.2. The lowest BCUT2D eigenvalue weighted by Crippen LogP contribution is -2.67. The third kappa shape index (κ3) is 38.6. The van der Waals surface area contributed by atoms with Crippen molar-refractivity contribution in [3.8, 4) is 0 Å². The van der Waals surface area contributed by atoms with Gasteiger partial charge in [-0.15, -0.1) is 0 Å². The zero-order valence-corrected chi connectivity index (χ0v) is 106. The van der Waals surface area contributed by atoms with Gasteiger partial charge in [-0.3, -0.25) is 24.5 Å². The van der Waals surface area contributed by atoms with Crippen LogP contribution in [0.1, 0.15) is 565 Å². The zero-order valence-electron chi connectivity index (χ0n) is 106. The van der Waals surface area contributed by atoms with Crippen molar-refractivity contribution in [2.24, 2.45) is 116 Å². The van der Waals surface area contributed by atoms with Crippen molar-refractivity contribution in [1.29, 1.82) is 0 Å². The van der Waals surface area contributed by atoms with Gasteiger partial charge >= 0.3 is 0 Å². The topological polar surface area (TPSA) is 43.9 Å². The fourth-order valence-corrected chi connectivity index (χ4v) is 24.3. The molecule has 0 aromatic heterocycles. The van der Waals surface area contributed by atoms with Gasteiger partial charge in [-0.05, 0) is 342 Å². The Morgan fingerprint density at radius 3 is 0.733 bits per heavy atom. The Morgan fingerprint density at radius 2 is 0.548 bits per heavy atom. The fraction of sp³-hybridized carbons (Fsp3) is 0.984. The number of rotatable bonds is 0. The minimum Gasteiger partial charge on any atom is -0.377 e. The highest BCUT2D eigenvalue weighted by Gasteiger charge is 2.64. The molecule has 0 aromatic carbocycles. The highest BCUT2D eigenvalue weighted by molar-refractivity contribution is 5.17. The van der Waals surface area contributed by atoms with Crippen LogP contribution in [0.25, 0.3) is 0 Å². The van der Waals surface area contributed by atoms with Gasteiger partial charge in [0.1, 0.15) is 0 Å². The molecule has 0 N–H and O–H groups in total. The van der Waals surface area contributed by atoms with E-state index in [0.717, 1.165) is 61.4 Å². The molecular formula is C127H263N5O3. The second-order valence-electron chi connectivity index (χ2n) is 59.5. The molecule has 0 aromatic rings. The van der Waals surface area contributed by atoms with Crippen LogP contribution in [0, 0.1) is 116 Å². The van der Waals surface area contributed by atoms with Crippen LogP contribution in [0.3, 0.4) is 0 Å². The molecule has 7 aliphatic carbocycles. The number of piperazine rings is 1. The first-order chi connectivity index (χ1) is 60.8. The van der Waals surface area contributed by atoms with Crippen LogP contribution in [0.5, 0.6) is 0 Å². The van der Waals surface area contributed by atoms with E-state index >= 15 is 0 Å². The number of piperidine rings is 1. The molecule has 4 atom stereocenters. The molecule has 16 aliphatic rings. The van der Waals surface area contributed by atoms with E-state index in [9.17, 15) is 0 Å². The molecule has 135 heavy (non-hydrogen) atoms. The fourth-order valence-electron chi connectivity index (χ4n) is 24.3. The molecular weight excluding hydrogens is 1640 g/mol. The molecule has 4 unspecified atom stereocenters. The van der Waals surface area contributed by atoms with Gasteiger partial charge in [0.05, 0.1) is 37.1 Å². The number of hydrogen-bond donors (Lipinski definition) is 0. The Balaban J connectivity index is -0.00000144. The monoisotopic (exact) mass is 1910 g/mol. The van der Waals surface area contributed by atoms with Crippen molar-refractivity contribution < 1.29 is 14.2 Å². The van der Waals surface area contributed by atoms with E-state index in [1.807, 2.05) is 111 Å². The first-order valence-corrected chi connectivity index (χ1v) is 58.2. The molecule has 8 nitrogen and oxygen atoms in total. The summed E-state index contributed by atoms with van der Waals surface area (Å²) in [6.45, 7) is 160. The van der Waals surface area contributed by atoms with E-state index in [0.29, 0.717) is 104 Å². The number of fused-ring (bicyclic) bond motifs is 10. The van der Waals surface area contributed by atoms with Crippen molar-refractivity contribution in [3.05, 3.63) is 11.6 Å². The predicted octanol–water partition coefficient (Wildman–Crippen LogP) is 38.5. The molecule has 9 aliphatic heterocycles. The van der Waals surface area contributed by atoms with Gasteiger partial charge in [0, 0.05) is 93.1 Å². The summed E-state index contributed by atoms with van der Waals surface area (Å²) >= 11 is 0. The van der Waals surface area contributed by atoms with Gasteiger partial charge in [-0.2, -0.15) is 0 Å². The SMILES string of the molecule is CC.CC.CC.CC.CC.CC.CC.CC.CC(C)(C)C12CCC(C(C)(C)C)(CC1)CC2.CC(C)(C)C12CCC(C(C)(C)C)(CC1)OC2.CC(C)(C)C12CCC(C(C)(C)C)(CC1)OC2.CC(C)(C)C1=CCN(C(C)(C)C)CC1.CC(C)(C)C1C2CN(C(C)(C)C)CC21.CC(C)(C)C1CC2(C1)CN(C(C)(C)C)C2.CC(C)(C)C1CCC(C(C)(C)C)OC1.CC(C)(C)N1CCN(C(C)(C)C)CC1. The molecule has 814 valence electrons. The Bertz CT molecular complexity index is 2680. The molecule has 16 rings (SSSR count). The lowest BCUT2D eigenvalue weighted by molar-refractivity contribution is -0.249. The van der Waals surface area contributed by atoms with Gasteiger partial charge in [-0.1, -0.05) is 351 Å². The summed E-state index contributed by atoms with van der Waals surface area (Å²) in [4.78, 5) is 13.0. The zero-order chi connectivity index (χ0) is 108. The standard InChI is InChI=1S/C16H30.2C15H28O.C14H27N.2C13H25N.C13H26O.C12H26N2.8C2H6/c1-13(2,3)15-7-10-16(11-8-15,12-9-15)14(4,5)6;2*1-12(2,3)14-7-9-15(10-8-14,16-11-14)13(4,5)6;1-12(2,3)11-7-14(8-11)9-15(10-14)13(4,5)6;1-12(2,3)11-9-7-14(8-10(9)11)13(4,5)6;1-12(2,3)11-7-9-14(10-8-11)13(4,5)6;1-12(2,3)10-7-8-11(14-9-10)13(4,5)6;1-11(2,3)13-7-9-14(10-8-13)12(4,5)6;8*1-2/h7-12H2,1-6H3;2*7-11H2,1-6H3;11H,7-10H2,1-6H3;9-11H,7-8H2,1-6H3;7H,8-10H2,1-6H3;10-11H,7-9H2,1-6H3;7-10H2,1-6H3;8*1-2H3. The van der Waals surface area contributed by atoms with Crippen molar-refractivity contribution in [2.75, 3.05) is 85.3 Å². The second-order valence-corrected chi connectivity index (χ2v) is 59.5. The molecule has 0 amide bonds. The van der Waals surface area contributed by atoms with Crippen molar-refractivity contribution in [3.63, 3.8) is 0 Å².